The lowest BCUT2D eigenvalue weighted by Gasteiger charge is -2.21. The van der Waals surface area contributed by atoms with Gasteiger partial charge in [0.2, 0.25) is 0 Å². The number of methoxy groups -OCH3 is 1. The summed E-state index contributed by atoms with van der Waals surface area (Å²) in [5.74, 6) is -0.273. The molecule has 0 bridgehead atoms. The zero-order valence-electron chi connectivity index (χ0n) is 6.93. The van der Waals surface area contributed by atoms with Gasteiger partial charge in [-0.3, -0.25) is 4.79 Å². The largest absolute Gasteiger partial charge is 0.463 e. The predicted molar refractivity (Wildman–Crippen MR) is 37.7 cm³/mol. The van der Waals surface area contributed by atoms with Crippen LogP contribution in [0.4, 0.5) is 0 Å². The Bertz CT molecular complexity index is 118. The monoisotopic (exact) mass is 146 g/mol. The molecule has 3 nitrogen and oxygen atoms in total. The predicted octanol–water partition coefficient (Wildman–Crippen LogP) is 0.974. The summed E-state index contributed by atoms with van der Waals surface area (Å²) in [7, 11) is 1.59. The van der Waals surface area contributed by atoms with Crippen molar-refractivity contribution in [3.05, 3.63) is 0 Å². The Morgan fingerprint density at radius 1 is 1.50 bits per heavy atom. The third-order valence-electron chi connectivity index (χ3n) is 1.18. The number of carbonyl (C=O) groups is 1. The average Bonchev–Trinajstić information content (AvgIpc) is 1.85. The summed E-state index contributed by atoms with van der Waals surface area (Å²) in [6, 6.07) is 0. The Morgan fingerprint density at radius 2 is 2.00 bits per heavy atom. The van der Waals surface area contributed by atoms with Crippen LogP contribution in [-0.2, 0) is 14.3 Å². The molecule has 0 saturated carbocycles. The van der Waals surface area contributed by atoms with Gasteiger partial charge in [0, 0.05) is 14.0 Å². The fourth-order valence-electron chi connectivity index (χ4n) is 0.334. The lowest BCUT2D eigenvalue weighted by molar-refractivity contribution is -0.148. The van der Waals surface area contributed by atoms with E-state index in [1.54, 1.807) is 7.11 Å². The van der Waals surface area contributed by atoms with E-state index < -0.39 is 0 Å². The molecule has 0 aromatic carbocycles. The summed E-state index contributed by atoms with van der Waals surface area (Å²) < 4.78 is 9.74. The van der Waals surface area contributed by atoms with Crippen molar-refractivity contribution >= 4 is 5.97 Å². The minimum Gasteiger partial charge on any atom is -0.463 e. The van der Waals surface area contributed by atoms with Gasteiger partial charge in [0.1, 0.15) is 6.61 Å². The van der Waals surface area contributed by atoms with Crippen LogP contribution in [0.25, 0.3) is 0 Å². The first-order valence-electron chi connectivity index (χ1n) is 3.16. The van der Waals surface area contributed by atoms with Crippen molar-refractivity contribution in [2.45, 2.75) is 26.4 Å². The normalized spacial score (nSPS) is 11.2. The quantitative estimate of drug-likeness (QED) is 0.557. The third-order valence-corrected chi connectivity index (χ3v) is 1.18. The van der Waals surface area contributed by atoms with Crippen molar-refractivity contribution in [2.24, 2.45) is 0 Å². The third kappa shape index (κ3) is 4.32. The van der Waals surface area contributed by atoms with Crippen molar-refractivity contribution < 1.29 is 14.3 Å². The molecule has 0 rings (SSSR count). The van der Waals surface area contributed by atoms with E-state index >= 15 is 0 Å². The Morgan fingerprint density at radius 3 is 2.30 bits per heavy atom. The molecule has 0 fully saturated rings. The molecule has 0 aliphatic rings. The van der Waals surface area contributed by atoms with E-state index in [4.69, 9.17) is 9.47 Å². The van der Waals surface area contributed by atoms with Crippen LogP contribution in [0.15, 0.2) is 0 Å². The fraction of sp³-hybridized carbons (Fsp3) is 0.857. The lowest BCUT2D eigenvalue weighted by atomic mass is 10.1. The maximum atomic E-state index is 10.3. The van der Waals surface area contributed by atoms with Gasteiger partial charge in [0.25, 0.3) is 0 Å². The van der Waals surface area contributed by atoms with E-state index in [0.717, 1.165) is 0 Å². The molecule has 0 unspecified atom stereocenters. The summed E-state index contributed by atoms with van der Waals surface area (Å²) in [6.45, 7) is 5.40. The molecule has 0 aromatic rings. The van der Waals surface area contributed by atoms with Gasteiger partial charge < -0.3 is 9.47 Å². The van der Waals surface area contributed by atoms with E-state index in [9.17, 15) is 4.79 Å². The van der Waals surface area contributed by atoms with Gasteiger partial charge in [0.05, 0.1) is 5.60 Å². The second-order valence-corrected chi connectivity index (χ2v) is 2.74. The number of carbonyl (C=O) groups excluding carboxylic acids is 1. The molecule has 60 valence electrons. The van der Waals surface area contributed by atoms with Crippen LogP contribution < -0.4 is 0 Å². The second kappa shape index (κ2) is 3.56. The molecular formula is C7H14O3. The number of hydrogen-bond acceptors (Lipinski definition) is 3. The molecule has 0 aliphatic heterocycles. The summed E-state index contributed by atoms with van der Waals surface area (Å²) in [6.07, 6.45) is 0. The molecule has 0 heterocycles. The Balaban J connectivity index is 3.56. The molecule has 0 aliphatic carbocycles. The summed E-state index contributed by atoms with van der Waals surface area (Å²) in [5, 5.41) is 0. The van der Waals surface area contributed by atoms with E-state index in [1.165, 1.54) is 6.92 Å². The fourth-order valence-corrected chi connectivity index (χ4v) is 0.334. The van der Waals surface area contributed by atoms with Gasteiger partial charge in [-0.2, -0.15) is 0 Å². The number of ether oxygens (including phenoxy) is 2. The van der Waals surface area contributed by atoms with Crippen molar-refractivity contribution in [3.63, 3.8) is 0 Å². The highest BCUT2D eigenvalue weighted by Gasteiger charge is 2.17. The zero-order valence-corrected chi connectivity index (χ0v) is 6.93. The second-order valence-electron chi connectivity index (χ2n) is 2.74. The topological polar surface area (TPSA) is 35.5 Å². The first kappa shape index (κ1) is 9.43. The zero-order chi connectivity index (χ0) is 8.20. The molecule has 0 spiro atoms. The van der Waals surface area contributed by atoms with Gasteiger partial charge in [0.15, 0.2) is 0 Å². The molecule has 3 heteroatoms. The highest BCUT2D eigenvalue weighted by molar-refractivity contribution is 5.65. The Hall–Kier alpha value is -0.570. The van der Waals surface area contributed by atoms with Crippen LogP contribution in [0, 0.1) is 0 Å². The molecule has 0 atom stereocenters. The summed E-state index contributed by atoms with van der Waals surface area (Å²) in [4.78, 5) is 10.3. The minimum absolute atomic E-state index is 0.273. The van der Waals surface area contributed by atoms with E-state index in [2.05, 4.69) is 0 Å². The number of esters is 1. The highest BCUT2D eigenvalue weighted by Crippen LogP contribution is 2.06. The molecule has 0 N–H and O–H groups in total. The first-order chi connectivity index (χ1) is 4.48. The number of rotatable bonds is 3. The Labute approximate surface area is 61.3 Å². The van der Waals surface area contributed by atoms with Gasteiger partial charge in [-0.15, -0.1) is 0 Å². The van der Waals surface area contributed by atoms with Gasteiger partial charge in [-0.05, 0) is 13.8 Å². The summed E-state index contributed by atoms with van der Waals surface area (Å²) >= 11 is 0. The van der Waals surface area contributed by atoms with Crippen LogP contribution >= 0.6 is 0 Å². The van der Waals surface area contributed by atoms with Gasteiger partial charge >= 0.3 is 5.97 Å². The van der Waals surface area contributed by atoms with Gasteiger partial charge in [-0.25, -0.2) is 0 Å². The van der Waals surface area contributed by atoms with Crippen molar-refractivity contribution in [2.75, 3.05) is 13.7 Å². The maximum absolute atomic E-state index is 10.3. The summed E-state index contributed by atoms with van der Waals surface area (Å²) in [5.41, 5.74) is -0.369. The van der Waals surface area contributed by atoms with Crippen molar-refractivity contribution in [1.82, 2.24) is 0 Å². The molecule has 0 aromatic heterocycles. The van der Waals surface area contributed by atoms with Gasteiger partial charge in [-0.1, -0.05) is 0 Å². The van der Waals surface area contributed by atoms with Crippen LogP contribution in [-0.4, -0.2) is 25.3 Å². The first-order valence-corrected chi connectivity index (χ1v) is 3.16. The van der Waals surface area contributed by atoms with Crippen LogP contribution in [0.2, 0.25) is 0 Å². The van der Waals surface area contributed by atoms with E-state index in [0.29, 0.717) is 6.61 Å². The molecule has 0 radical (unpaired) electrons. The van der Waals surface area contributed by atoms with Crippen molar-refractivity contribution in [3.8, 4) is 0 Å². The van der Waals surface area contributed by atoms with E-state index in [-0.39, 0.29) is 11.6 Å². The molecular weight excluding hydrogens is 132 g/mol. The van der Waals surface area contributed by atoms with Crippen molar-refractivity contribution in [1.29, 1.82) is 0 Å². The Kier molecular flexibility index (Phi) is 3.36. The van der Waals surface area contributed by atoms with Crippen LogP contribution in [0.3, 0.4) is 0 Å². The maximum Gasteiger partial charge on any atom is 0.302 e. The van der Waals surface area contributed by atoms with E-state index in [1.807, 2.05) is 13.8 Å². The lowest BCUT2D eigenvalue weighted by Crippen LogP contribution is -2.30. The average molecular weight is 146 g/mol. The number of hydrogen-bond donors (Lipinski definition) is 0. The molecule has 0 saturated heterocycles. The van der Waals surface area contributed by atoms with Crippen LogP contribution in [0.5, 0.6) is 0 Å². The molecule has 0 amide bonds. The standard InChI is InChI=1S/C7H14O3/c1-6(8)10-5-7(2,3)9-4/h5H2,1-4H3. The molecule has 10 heavy (non-hydrogen) atoms. The SMILES string of the molecule is COC(C)(C)COC(C)=O. The smallest absolute Gasteiger partial charge is 0.302 e. The van der Waals surface area contributed by atoms with Crippen LogP contribution in [0.1, 0.15) is 20.8 Å². The minimum atomic E-state index is -0.369. The highest BCUT2D eigenvalue weighted by atomic mass is 16.6.